The molecular formula is C10H17N5OS. The summed E-state index contributed by atoms with van der Waals surface area (Å²) < 4.78 is 5.39. The molecule has 0 atom stereocenters. The maximum atomic E-state index is 5.66. The van der Waals surface area contributed by atoms with Gasteiger partial charge >= 0.3 is 6.01 Å². The van der Waals surface area contributed by atoms with E-state index < -0.39 is 0 Å². The third-order valence-corrected chi connectivity index (χ3v) is 3.29. The number of anilines is 2. The zero-order chi connectivity index (χ0) is 12.1. The van der Waals surface area contributed by atoms with E-state index in [4.69, 9.17) is 10.5 Å². The lowest BCUT2D eigenvalue weighted by molar-refractivity contribution is 0.292. The maximum Gasteiger partial charge on any atom is 0.323 e. The number of nitrogens with two attached hydrogens (primary N) is 1. The summed E-state index contributed by atoms with van der Waals surface area (Å²) in [6, 6.07) is 0.326. The predicted molar refractivity (Wildman–Crippen MR) is 69.6 cm³/mol. The molecule has 2 heterocycles. The summed E-state index contributed by atoms with van der Waals surface area (Å²) in [6.07, 6.45) is 0.918. The molecule has 1 fully saturated rings. The van der Waals surface area contributed by atoms with E-state index in [1.54, 1.807) is 0 Å². The average molecular weight is 255 g/mol. The van der Waals surface area contributed by atoms with E-state index in [2.05, 4.69) is 19.9 Å². The van der Waals surface area contributed by atoms with Crippen molar-refractivity contribution < 1.29 is 4.74 Å². The Morgan fingerprint density at radius 1 is 1.29 bits per heavy atom. The topological polar surface area (TPSA) is 77.2 Å². The number of nitrogen functional groups attached to an aromatic ring is 1. The van der Waals surface area contributed by atoms with Gasteiger partial charge in [0.05, 0.1) is 6.61 Å². The van der Waals surface area contributed by atoms with Gasteiger partial charge in [0.1, 0.15) is 0 Å². The Morgan fingerprint density at radius 2 is 2.06 bits per heavy atom. The second-order valence-electron chi connectivity index (χ2n) is 3.72. The van der Waals surface area contributed by atoms with Gasteiger partial charge in [-0.3, -0.25) is 0 Å². The lowest BCUT2D eigenvalue weighted by Crippen LogP contribution is -2.34. The van der Waals surface area contributed by atoms with Crippen molar-refractivity contribution in [2.24, 2.45) is 0 Å². The Bertz CT molecular complexity index is 370. The summed E-state index contributed by atoms with van der Waals surface area (Å²) in [5, 5.41) is 0. The number of rotatable bonds is 4. The van der Waals surface area contributed by atoms with Crippen LogP contribution in [0, 0.1) is 0 Å². The molecule has 0 amide bonds. The highest BCUT2D eigenvalue weighted by molar-refractivity contribution is 7.99. The smallest absolute Gasteiger partial charge is 0.323 e. The number of hydrogen-bond donors (Lipinski definition) is 1. The zero-order valence-electron chi connectivity index (χ0n) is 9.93. The highest BCUT2D eigenvalue weighted by atomic mass is 32.2. The quantitative estimate of drug-likeness (QED) is 0.852. The van der Waals surface area contributed by atoms with Crippen LogP contribution in [0.2, 0.25) is 0 Å². The molecule has 1 saturated heterocycles. The summed E-state index contributed by atoms with van der Waals surface area (Å²) in [5.74, 6) is 3.04. The molecule has 7 heteroatoms. The summed E-state index contributed by atoms with van der Waals surface area (Å²) in [7, 11) is 0. The van der Waals surface area contributed by atoms with Gasteiger partial charge in [-0.15, -0.1) is 0 Å². The first-order valence-corrected chi connectivity index (χ1v) is 6.92. The van der Waals surface area contributed by atoms with E-state index in [1.165, 1.54) is 0 Å². The Labute approximate surface area is 105 Å². The number of aromatic nitrogens is 3. The molecule has 6 nitrogen and oxygen atoms in total. The molecular weight excluding hydrogens is 238 g/mol. The largest absolute Gasteiger partial charge is 0.463 e. The van der Waals surface area contributed by atoms with Crippen LogP contribution in [0.4, 0.5) is 11.9 Å². The summed E-state index contributed by atoms with van der Waals surface area (Å²) >= 11 is 1.94. The maximum absolute atomic E-state index is 5.66. The monoisotopic (exact) mass is 255 g/mol. The second-order valence-corrected chi connectivity index (χ2v) is 4.95. The standard InChI is InChI=1S/C10H17N5OS/c1-2-5-16-10-13-8(11)12-9(14-10)15-3-6-17-7-4-15/h2-7H2,1H3,(H2,11,12,13,14). The van der Waals surface area contributed by atoms with Gasteiger partial charge < -0.3 is 15.4 Å². The molecule has 0 spiro atoms. The molecule has 1 aromatic rings. The van der Waals surface area contributed by atoms with Crippen LogP contribution in [0.1, 0.15) is 13.3 Å². The first-order valence-electron chi connectivity index (χ1n) is 5.76. The van der Waals surface area contributed by atoms with Crippen molar-refractivity contribution in [3.63, 3.8) is 0 Å². The Morgan fingerprint density at radius 3 is 2.76 bits per heavy atom. The summed E-state index contributed by atoms with van der Waals surface area (Å²) in [6.45, 7) is 4.52. The van der Waals surface area contributed by atoms with Crippen molar-refractivity contribution >= 4 is 23.7 Å². The fourth-order valence-electron chi connectivity index (χ4n) is 1.52. The van der Waals surface area contributed by atoms with E-state index in [-0.39, 0.29) is 5.95 Å². The zero-order valence-corrected chi connectivity index (χ0v) is 10.7. The predicted octanol–water partition coefficient (Wildman–Crippen LogP) is 0.796. The molecule has 0 bridgehead atoms. The van der Waals surface area contributed by atoms with Gasteiger partial charge in [0.15, 0.2) is 0 Å². The average Bonchev–Trinajstić information content (AvgIpc) is 2.37. The van der Waals surface area contributed by atoms with E-state index in [9.17, 15) is 0 Å². The minimum absolute atomic E-state index is 0.222. The van der Waals surface area contributed by atoms with E-state index in [0.717, 1.165) is 31.0 Å². The molecule has 0 aromatic carbocycles. The van der Waals surface area contributed by atoms with Gasteiger partial charge in [-0.2, -0.15) is 26.7 Å². The van der Waals surface area contributed by atoms with Gasteiger partial charge in [0, 0.05) is 24.6 Å². The van der Waals surface area contributed by atoms with Gasteiger partial charge in [-0.25, -0.2) is 0 Å². The van der Waals surface area contributed by atoms with Crippen molar-refractivity contribution in [1.29, 1.82) is 0 Å². The van der Waals surface area contributed by atoms with Gasteiger partial charge in [-0.05, 0) is 6.42 Å². The number of nitrogens with zero attached hydrogens (tertiary/aromatic N) is 4. The van der Waals surface area contributed by atoms with E-state index in [1.807, 2.05) is 18.7 Å². The van der Waals surface area contributed by atoms with Crippen LogP contribution < -0.4 is 15.4 Å². The molecule has 2 rings (SSSR count). The SMILES string of the molecule is CCCOc1nc(N)nc(N2CCSCC2)n1. The lowest BCUT2D eigenvalue weighted by Gasteiger charge is -2.26. The first kappa shape index (κ1) is 12.2. The Balaban J connectivity index is 2.12. The molecule has 2 N–H and O–H groups in total. The number of ether oxygens (including phenoxy) is 1. The first-order chi connectivity index (χ1) is 8.29. The summed E-state index contributed by atoms with van der Waals surface area (Å²) in [4.78, 5) is 14.5. The molecule has 0 saturated carbocycles. The number of thioether (sulfide) groups is 1. The lowest BCUT2D eigenvalue weighted by atomic mass is 10.5. The van der Waals surface area contributed by atoms with E-state index >= 15 is 0 Å². The fraction of sp³-hybridized carbons (Fsp3) is 0.700. The van der Waals surface area contributed by atoms with Crippen LogP contribution in [0.25, 0.3) is 0 Å². The van der Waals surface area contributed by atoms with Crippen molar-refractivity contribution in [3.05, 3.63) is 0 Å². The minimum atomic E-state index is 0.222. The van der Waals surface area contributed by atoms with Crippen LogP contribution in [0.5, 0.6) is 6.01 Å². The van der Waals surface area contributed by atoms with Crippen molar-refractivity contribution in [3.8, 4) is 6.01 Å². The highest BCUT2D eigenvalue weighted by Gasteiger charge is 2.16. The molecule has 94 valence electrons. The fourth-order valence-corrected chi connectivity index (χ4v) is 2.43. The summed E-state index contributed by atoms with van der Waals surface area (Å²) in [5.41, 5.74) is 5.66. The van der Waals surface area contributed by atoms with Crippen LogP contribution in [0.15, 0.2) is 0 Å². The third kappa shape index (κ3) is 3.36. The van der Waals surface area contributed by atoms with Crippen molar-refractivity contribution in [2.45, 2.75) is 13.3 Å². The molecule has 0 radical (unpaired) electrons. The van der Waals surface area contributed by atoms with Crippen LogP contribution >= 0.6 is 11.8 Å². The minimum Gasteiger partial charge on any atom is -0.463 e. The van der Waals surface area contributed by atoms with Crippen LogP contribution in [-0.2, 0) is 0 Å². The molecule has 0 unspecified atom stereocenters. The van der Waals surface area contributed by atoms with E-state index in [0.29, 0.717) is 18.6 Å². The molecule has 0 aliphatic carbocycles. The number of hydrogen-bond acceptors (Lipinski definition) is 7. The van der Waals surface area contributed by atoms with Gasteiger partial charge in [0.2, 0.25) is 11.9 Å². The van der Waals surface area contributed by atoms with Crippen LogP contribution in [-0.4, -0.2) is 46.2 Å². The highest BCUT2D eigenvalue weighted by Crippen LogP contribution is 2.18. The Hall–Kier alpha value is -1.24. The van der Waals surface area contributed by atoms with Crippen molar-refractivity contribution in [2.75, 3.05) is 41.8 Å². The van der Waals surface area contributed by atoms with Gasteiger partial charge in [-0.1, -0.05) is 6.92 Å². The normalized spacial score (nSPS) is 15.9. The van der Waals surface area contributed by atoms with Crippen LogP contribution in [0.3, 0.4) is 0 Å². The third-order valence-electron chi connectivity index (χ3n) is 2.35. The van der Waals surface area contributed by atoms with Crippen molar-refractivity contribution in [1.82, 2.24) is 15.0 Å². The molecule has 1 aliphatic heterocycles. The Kier molecular flexibility index (Phi) is 4.24. The second kappa shape index (κ2) is 5.90. The molecule has 17 heavy (non-hydrogen) atoms. The van der Waals surface area contributed by atoms with Gasteiger partial charge in [0.25, 0.3) is 0 Å². The molecule has 1 aromatic heterocycles. The molecule has 1 aliphatic rings.